The highest BCUT2D eigenvalue weighted by Crippen LogP contribution is 2.34. The number of carbonyl (C=O) groups excluding carboxylic acids is 1. The fourth-order valence-corrected chi connectivity index (χ4v) is 4.99. The first kappa shape index (κ1) is 23.4. The van der Waals surface area contributed by atoms with E-state index in [1.807, 2.05) is 18.2 Å². The number of aromatic nitrogens is 1. The molecule has 3 aromatic rings. The number of nitrogens with zero attached hydrogens (tertiary/aromatic N) is 2. The van der Waals surface area contributed by atoms with E-state index in [1.165, 1.54) is 23.0 Å². The number of hydrogen-bond acceptors (Lipinski definition) is 6. The van der Waals surface area contributed by atoms with Crippen molar-refractivity contribution in [2.24, 2.45) is 4.99 Å². The number of fused-ring (bicyclic) bond motifs is 1. The third kappa shape index (κ3) is 4.82. The second kappa shape index (κ2) is 10.1. The van der Waals surface area contributed by atoms with Crippen molar-refractivity contribution in [2.75, 3.05) is 20.3 Å². The van der Waals surface area contributed by atoms with Crippen molar-refractivity contribution in [2.45, 2.75) is 13.0 Å². The minimum absolute atomic E-state index is 0.0857. The van der Waals surface area contributed by atoms with Crippen molar-refractivity contribution in [3.8, 4) is 0 Å². The van der Waals surface area contributed by atoms with E-state index < -0.39 is 12.0 Å². The number of ether oxygens (including phenoxy) is 2. The van der Waals surface area contributed by atoms with Crippen LogP contribution in [-0.2, 0) is 14.3 Å². The number of esters is 1. The topological polar surface area (TPSA) is 69.9 Å². The average Bonchev–Trinajstić information content (AvgIpc) is 3.09. The first-order valence-corrected chi connectivity index (χ1v) is 11.7. The van der Waals surface area contributed by atoms with Crippen molar-refractivity contribution in [3.63, 3.8) is 0 Å². The highest BCUT2D eigenvalue weighted by Gasteiger charge is 2.34. The molecule has 0 aliphatic carbocycles. The minimum atomic E-state index is -0.766. The maximum Gasteiger partial charge on any atom is 0.338 e. The number of rotatable bonds is 6. The van der Waals surface area contributed by atoms with Gasteiger partial charge in [0.25, 0.3) is 5.56 Å². The van der Waals surface area contributed by atoms with E-state index in [0.29, 0.717) is 30.6 Å². The van der Waals surface area contributed by atoms with Crippen molar-refractivity contribution in [3.05, 3.63) is 101 Å². The molecule has 0 bridgehead atoms. The highest BCUT2D eigenvalue weighted by atomic mass is 35.5. The van der Waals surface area contributed by atoms with Crippen LogP contribution in [0.25, 0.3) is 6.08 Å². The summed E-state index contributed by atoms with van der Waals surface area (Å²) in [5.74, 6) is -0.565. The molecule has 0 fully saturated rings. The summed E-state index contributed by atoms with van der Waals surface area (Å²) in [5.41, 5.74) is 1.92. The molecule has 1 atom stereocenters. The number of hydrogen-bond donors (Lipinski definition) is 0. The van der Waals surface area contributed by atoms with Gasteiger partial charge in [0.2, 0.25) is 0 Å². The molecule has 0 saturated carbocycles. The summed E-state index contributed by atoms with van der Waals surface area (Å²) in [6, 6.07) is 13.5. The van der Waals surface area contributed by atoms with Gasteiger partial charge in [-0.3, -0.25) is 9.36 Å². The molecule has 0 radical (unpaired) electrons. The van der Waals surface area contributed by atoms with Gasteiger partial charge in [0, 0.05) is 17.2 Å². The Kier molecular flexibility index (Phi) is 7.14. The lowest BCUT2D eigenvalue weighted by molar-refractivity contribution is -0.140. The molecule has 2 heterocycles. The van der Waals surface area contributed by atoms with E-state index in [4.69, 9.17) is 32.7 Å². The molecule has 0 spiro atoms. The lowest BCUT2D eigenvalue weighted by atomic mass is 9.96. The first-order valence-electron chi connectivity index (χ1n) is 10.1. The summed E-state index contributed by atoms with van der Waals surface area (Å²) >= 11 is 13.7. The van der Waals surface area contributed by atoms with Crippen LogP contribution in [0.5, 0.6) is 0 Å². The molecule has 0 amide bonds. The van der Waals surface area contributed by atoms with Crippen LogP contribution in [0.1, 0.15) is 24.1 Å². The molecule has 9 heteroatoms. The normalized spacial score (nSPS) is 15.9. The van der Waals surface area contributed by atoms with E-state index in [1.54, 1.807) is 43.3 Å². The smallest absolute Gasteiger partial charge is 0.338 e. The van der Waals surface area contributed by atoms with Crippen LogP contribution >= 0.6 is 34.5 Å². The molecular formula is C24H20Cl2N2O4S. The summed E-state index contributed by atoms with van der Waals surface area (Å²) in [5, 5.41) is 1.05. The molecule has 1 aliphatic rings. The van der Waals surface area contributed by atoms with Gasteiger partial charge in [0.15, 0.2) is 4.80 Å². The second-order valence-electron chi connectivity index (χ2n) is 7.28. The maximum atomic E-state index is 13.5. The molecule has 2 aromatic carbocycles. The van der Waals surface area contributed by atoms with Gasteiger partial charge in [-0.15, -0.1) is 0 Å². The SMILES string of the molecule is COCCOC(=O)C1=C(C)N=c2s/c(=C\c3ccc(Cl)cc3)c(=O)n2[C@H]1c1ccccc1Cl. The Bertz CT molecular complexity index is 1410. The van der Waals surface area contributed by atoms with Crippen LogP contribution in [0, 0.1) is 0 Å². The van der Waals surface area contributed by atoms with Gasteiger partial charge >= 0.3 is 5.97 Å². The van der Waals surface area contributed by atoms with Gasteiger partial charge in [-0.25, -0.2) is 9.79 Å². The monoisotopic (exact) mass is 502 g/mol. The molecule has 0 N–H and O–H groups in total. The average molecular weight is 503 g/mol. The zero-order valence-electron chi connectivity index (χ0n) is 17.9. The molecule has 4 rings (SSSR count). The molecule has 170 valence electrons. The van der Waals surface area contributed by atoms with Crippen molar-refractivity contribution in [1.29, 1.82) is 0 Å². The number of methoxy groups -OCH3 is 1. The molecule has 1 aliphatic heterocycles. The van der Waals surface area contributed by atoms with Crippen molar-refractivity contribution < 1.29 is 14.3 Å². The van der Waals surface area contributed by atoms with E-state index in [9.17, 15) is 9.59 Å². The fourth-order valence-electron chi connectivity index (χ4n) is 3.58. The van der Waals surface area contributed by atoms with Gasteiger partial charge in [0.1, 0.15) is 12.6 Å². The van der Waals surface area contributed by atoms with Crippen LogP contribution in [0.4, 0.5) is 0 Å². The standard InChI is InChI=1S/C24H20Cl2N2O4S/c1-14-20(23(30)32-12-11-31-2)21(17-5-3-4-6-18(17)26)28-22(29)19(33-24(28)27-14)13-15-7-9-16(25)10-8-15/h3-10,13,21H,11-12H2,1-2H3/b19-13-/t21-/m0/s1. The number of thiazole rings is 1. The Hall–Kier alpha value is -2.71. The number of allylic oxidation sites excluding steroid dienone is 1. The number of halogens is 2. The Labute approximate surface area is 204 Å². The summed E-state index contributed by atoms with van der Waals surface area (Å²) in [6.45, 7) is 2.07. The lowest BCUT2D eigenvalue weighted by Crippen LogP contribution is -2.40. The molecule has 33 heavy (non-hydrogen) atoms. The van der Waals surface area contributed by atoms with Gasteiger partial charge in [0.05, 0.1) is 22.4 Å². The number of benzene rings is 2. The summed E-state index contributed by atoms with van der Waals surface area (Å²) < 4.78 is 12.4. The maximum absolute atomic E-state index is 13.5. The van der Waals surface area contributed by atoms with E-state index in [2.05, 4.69) is 4.99 Å². The Morgan fingerprint density at radius 2 is 1.88 bits per heavy atom. The fraction of sp³-hybridized carbons (Fsp3) is 0.208. The van der Waals surface area contributed by atoms with Crippen LogP contribution in [0.2, 0.25) is 10.0 Å². The van der Waals surface area contributed by atoms with Crippen LogP contribution in [0.15, 0.2) is 69.6 Å². The predicted octanol–water partition coefficient (Wildman–Crippen LogP) is 3.73. The Balaban J connectivity index is 1.90. The van der Waals surface area contributed by atoms with Gasteiger partial charge in [-0.1, -0.05) is 64.9 Å². The summed E-state index contributed by atoms with van der Waals surface area (Å²) in [4.78, 5) is 31.6. The van der Waals surface area contributed by atoms with Crippen LogP contribution in [-0.4, -0.2) is 30.9 Å². The van der Waals surface area contributed by atoms with Crippen LogP contribution in [0.3, 0.4) is 0 Å². The van der Waals surface area contributed by atoms with Gasteiger partial charge < -0.3 is 9.47 Å². The minimum Gasteiger partial charge on any atom is -0.460 e. The largest absolute Gasteiger partial charge is 0.460 e. The van der Waals surface area contributed by atoms with E-state index >= 15 is 0 Å². The third-order valence-electron chi connectivity index (χ3n) is 5.13. The summed E-state index contributed by atoms with van der Waals surface area (Å²) in [7, 11) is 1.52. The quantitative estimate of drug-likeness (QED) is 0.380. The molecule has 0 saturated heterocycles. The molecular weight excluding hydrogens is 483 g/mol. The number of carbonyl (C=O) groups is 1. The molecule has 1 aromatic heterocycles. The Morgan fingerprint density at radius 3 is 2.58 bits per heavy atom. The lowest BCUT2D eigenvalue weighted by Gasteiger charge is -2.25. The predicted molar refractivity (Wildman–Crippen MR) is 130 cm³/mol. The third-order valence-corrected chi connectivity index (χ3v) is 6.71. The highest BCUT2D eigenvalue weighted by molar-refractivity contribution is 7.07. The summed E-state index contributed by atoms with van der Waals surface area (Å²) in [6.07, 6.45) is 1.78. The molecule has 0 unspecified atom stereocenters. The Morgan fingerprint density at radius 1 is 1.15 bits per heavy atom. The van der Waals surface area contributed by atoms with Crippen LogP contribution < -0.4 is 14.9 Å². The zero-order chi connectivity index (χ0) is 23.5. The van der Waals surface area contributed by atoms with Crippen molar-refractivity contribution in [1.82, 2.24) is 4.57 Å². The van der Waals surface area contributed by atoms with Crippen molar-refractivity contribution >= 4 is 46.6 Å². The zero-order valence-corrected chi connectivity index (χ0v) is 20.2. The van der Waals surface area contributed by atoms with Gasteiger partial charge in [-0.2, -0.15) is 0 Å². The molecule has 6 nitrogen and oxygen atoms in total. The first-order chi connectivity index (χ1) is 15.9. The second-order valence-corrected chi connectivity index (χ2v) is 9.14. The van der Waals surface area contributed by atoms with E-state index in [0.717, 1.165) is 5.56 Å². The van der Waals surface area contributed by atoms with E-state index in [-0.39, 0.29) is 24.3 Å². The van der Waals surface area contributed by atoms with Gasteiger partial charge in [-0.05, 0) is 42.3 Å².